The van der Waals surface area contributed by atoms with E-state index in [1.165, 1.54) is 62.3 Å². The van der Waals surface area contributed by atoms with E-state index < -0.39 is 0 Å². The van der Waals surface area contributed by atoms with Crippen molar-refractivity contribution in [3.05, 3.63) is 16.1 Å². The molecule has 1 aliphatic rings. The number of nitrogens with zero attached hydrogens (tertiary/aromatic N) is 2. The Kier molecular flexibility index (Phi) is 6.97. The lowest BCUT2D eigenvalue weighted by atomic mass is 10.2. The highest BCUT2D eigenvalue weighted by molar-refractivity contribution is 7.09. The summed E-state index contributed by atoms with van der Waals surface area (Å²) in [5.74, 6) is 0. The van der Waals surface area contributed by atoms with Gasteiger partial charge in [0.15, 0.2) is 0 Å². The molecule has 3 nitrogen and oxygen atoms in total. The number of rotatable bonds is 11. The predicted molar refractivity (Wildman–Crippen MR) is 87.1 cm³/mol. The van der Waals surface area contributed by atoms with Crippen LogP contribution in [0.4, 0.5) is 0 Å². The molecular formula is C16H29N3S. The first-order chi connectivity index (χ1) is 9.81. The van der Waals surface area contributed by atoms with E-state index in [0.29, 0.717) is 0 Å². The van der Waals surface area contributed by atoms with Gasteiger partial charge < -0.3 is 5.32 Å². The highest BCUT2D eigenvalue weighted by Gasteiger charge is 2.20. The number of hydrogen-bond acceptors (Lipinski definition) is 4. The number of nitrogens with one attached hydrogen (secondary N) is 1. The van der Waals surface area contributed by atoms with Crippen LogP contribution in [-0.2, 0) is 13.1 Å². The molecule has 0 atom stereocenters. The van der Waals surface area contributed by atoms with Gasteiger partial charge in [-0.2, -0.15) is 0 Å². The summed E-state index contributed by atoms with van der Waals surface area (Å²) in [4.78, 5) is 7.35. The van der Waals surface area contributed by atoms with E-state index in [4.69, 9.17) is 4.98 Å². The second-order valence-electron chi connectivity index (χ2n) is 5.87. The smallest absolute Gasteiger partial charge is 0.107 e. The minimum absolute atomic E-state index is 0.771. The van der Waals surface area contributed by atoms with Gasteiger partial charge in [-0.05, 0) is 38.8 Å². The van der Waals surface area contributed by atoms with Crippen molar-refractivity contribution in [3.63, 3.8) is 0 Å². The Morgan fingerprint density at radius 3 is 2.55 bits per heavy atom. The molecule has 0 spiro atoms. The topological polar surface area (TPSA) is 28.2 Å². The fraction of sp³-hybridized carbons (Fsp3) is 0.812. The molecule has 2 rings (SSSR count). The Hall–Kier alpha value is -0.450. The summed E-state index contributed by atoms with van der Waals surface area (Å²) in [6.45, 7) is 8.94. The number of unbranched alkanes of at least 4 members (excludes halogenated alkanes) is 2. The molecule has 1 aromatic heterocycles. The van der Waals surface area contributed by atoms with Gasteiger partial charge in [-0.3, -0.25) is 4.90 Å². The van der Waals surface area contributed by atoms with Gasteiger partial charge in [0.2, 0.25) is 0 Å². The first kappa shape index (κ1) is 15.9. The Bertz CT molecular complexity index is 366. The van der Waals surface area contributed by atoms with Crippen LogP contribution in [0.3, 0.4) is 0 Å². The average molecular weight is 295 g/mol. The summed E-state index contributed by atoms with van der Waals surface area (Å²) in [5.41, 5.74) is 1.26. The van der Waals surface area contributed by atoms with Gasteiger partial charge in [-0.25, -0.2) is 4.98 Å². The molecule has 0 aromatic carbocycles. The highest BCUT2D eigenvalue weighted by Crippen LogP contribution is 2.20. The highest BCUT2D eigenvalue weighted by atomic mass is 32.1. The molecule has 114 valence electrons. The average Bonchev–Trinajstić information content (AvgIpc) is 3.19. The van der Waals surface area contributed by atoms with E-state index >= 15 is 0 Å². The summed E-state index contributed by atoms with van der Waals surface area (Å²) in [6, 6.07) is 0.771. The lowest BCUT2D eigenvalue weighted by Gasteiger charge is -2.20. The molecule has 0 amide bonds. The summed E-state index contributed by atoms with van der Waals surface area (Å²) >= 11 is 1.81. The van der Waals surface area contributed by atoms with Crippen molar-refractivity contribution < 1.29 is 0 Å². The SMILES string of the molecule is CCCCN(CCCC)Cc1csc(CNC2CC2)n1. The van der Waals surface area contributed by atoms with Crippen molar-refractivity contribution in [2.24, 2.45) is 0 Å². The Morgan fingerprint density at radius 2 is 1.95 bits per heavy atom. The van der Waals surface area contributed by atoms with Crippen LogP contribution in [0.5, 0.6) is 0 Å². The Labute approximate surface area is 127 Å². The van der Waals surface area contributed by atoms with Crippen LogP contribution in [0, 0.1) is 0 Å². The van der Waals surface area contributed by atoms with Gasteiger partial charge in [0, 0.05) is 24.5 Å². The minimum atomic E-state index is 0.771. The quantitative estimate of drug-likeness (QED) is 0.673. The van der Waals surface area contributed by atoms with Crippen LogP contribution >= 0.6 is 11.3 Å². The predicted octanol–water partition coefficient (Wildman–Crippen LogP) is 3.80. The van der Waals surface area contributed by atoms with E-state index in [1.54, 1.807) is 0 Å². The molecule has 0 saturated heterocycles. The molecule has 0 aliphatic heterocycles. The first-order valence-corrected chi connectivity index (χ1v) is 9.08. The maximum absolute atomic E-state index is 4.78. The molecular weight excluding hydrogens is 266 g/mol. The van der Waals surface area contributed by atoms with E-state index in [1.807, 2.05) is 11.3 Å². The molecule has 4 heteroatoms. The largest absolute Gasteiger partial charge is 0.308 e. The molecule has 0 bridgehead atoms. The minimum Gasteiger partial charge on any atom is -0.308 e. The molecule has 1 aliphatic carbocycles. The third-order valence-electron chi connectivity index (χ3n) is 3.76. The Morgan fingerprint density at radius 1 is 1.25 bits per heavy atom. The van der Waals surface area contributed by atoms with Crippen LogP contribution in [0.25, 0.3) is 0 Å². The zero-order chi connectivity index (χ0) is 14.2. The van der Waals surface area contributed by atoms with E-state index in [0.717, 1.165) is 19.1 Å². The molecule has 1 aromatic rings. The second kappa shape index (κ2) is 8.75. The van der Waals surface area contributed by atoms with Crippen LogP contribution in [0.15, 0.2) is 5.38 Å². The monoisotopic (exact) mass is 295 g/mol. The summed E-state index contributed by atoms with van der Waals surface area (Å²) in [7, 11) is 0. The van der Waals surface area contributed by atoms with Crippen LogP contribution < -0.4 is 5.32 Å². The van der Waals surface area contributed by atoms with E-state index in [9.17, 15) is 0 Å². The number of aromatic nitrogens is 1. The summed E-state index contributed by atoms with van der Waals surface area (Å²) in [6.07, 6.45) is 7.83. The fourth-order valence-electron chi connectivity index (χ4n) is 2.28. The van der Waals surface area contributed by atoms with Crippen molar-refractivity contribution in [1.29, 1.82) is 0 Å². The van der Waals surface area contributed by atoms with Crippen LogP contribution in [0.2, 0.25) is 0 Å². The normalized spacial score (nSPS) is 15.2. The molecule has 0 unspecified atom stereocenters. The van der Waals surface area contributed by atoms with Crippen LogP contribution in [-0.4, -0.2) is 29.0 Å². The summed E-state index contributed by atoms with van der Waals surface area (Å²) < 4.78 is 0. The van der Waals surface area contributed by atoms with E-state index in [-0.39, 0.29) is 0 Å². The molecule has 1 fully saturated rings. The molecule has 0 radical (unpaired) electrons. The van der Waals surface area contributed by atoms with Crippen molar-refractivity contribution in [2.75, 3.05) is 13.1 Å². The lowest BCUT2D eigenvalue weighted by molar-refractivity contribution is 0.254. The third kappa shape index (κ3) is 5.90. The van der Waals surface area contributed by atoms with Crippen molar-refractivity contribution >= 4 is 11.3 Å². The van der Waals surface area contributed by atoms with Gasteiger partial charge in [0.1, 0.15) is 5.01 Å². The number of hydrogen-bond donors (Lipinski definition) is 1. The first-order valence-electron chi connectivity index (χ1n) is 8.20. The molecule has 20 heavy (non-hydrogen) atoms. The maximum atomic E-state index is 4.78. The van der Waals surface area contributed by atoms with Crippen LogP contribution in [0.1, 0.15) is 63.1 Å². The van der Waals surface area contributed by atoms with Gasteiger partial charge >= 0.3 is 0 Å². The second-order valence-corrected chi connectivity index (χ2v) is 6.81. The Balaban J connectivity index is 1.77. The molecule has 1 saturated carbocycles. The standard InChI is InChI=1S/C16H29N3S/c1-3-5-9-19(10-6-4-2)12-15-13-20-16(18-15)11-17-14-7-8-14/h13-14,17H,3-12H2,1-2H3. The van der Waals surface area contributed by atoms with E-state index in [2.05, 4.69) is 29.4 Å². The maximum Gasteiger partial charge on any atom is 0.107 e. The summed E-state index contributed by atoms with van der Waals surface area (Å²) in [5, 5.41) is 7.04. The van der Waals surface area contributed by atoms with Gasteiger partial charge in [-0.15, -0.1) is 11.3 Å². The van der Waals surface area contributed by atoms with Crippen molar-refractivity contribution in [3.8, 4) is 0 Å². The number of thiazole rings is 1. The molecule has 1 heterocycles. The van der Waals surface area contributed by atoms with Gasteiger partial charge in [0.25, 0.3) is 0 Å². The lowest BCUT2D eigenvalue weighted by Crippen LogP contribution is -2.25. The van der Waals surface area contributed by atoms with Gasteiger partial charge in [-0.1, -0.05) is 26.7 Å². The molecule has 1 N–H and O–H groups in total. The fourth-order valence-corrected chi connectivity index (χ4v) is 3.02. The zero-order valence-corrected chi connectivity index (χ0v) is 13.8. The van der Waals surface area contributed by atoms with Gasteiger partial charge in [0.05, 0.1) is 5.69 Å². The third-order valence-corrected chi connectivity index (χ3v) is 4.66. The van der Waals surface area contributed by atoms with Crippen molar-refractivity contribution in [2.45, 2.75) is 71.5 Å². The van der Waals surface area contributed by atoms with Crippen molar-refractivity contribution in [1.82, 2.24) is 15.2 Å². The zero-order valence-electron chi connectivity index (χ0n) is 13.0.